The molecule has 0 radical (unpaired) electrons. The first-order valence-corrected chi connectivity index (χ1v) is 3.90. The summed E-state index contributed by atoms with van der Waals surface area (Å²) in [5, 5.41) is 3.56. The van der Waals surface area contributed by atoms with Gasteiger partial charge in [-0.3, -0.25) is 0 Å². The van der Waals surface area contributed by atoms with Crippen LogP contribution >= 0.6 is 0 Å². The molecule has 0 aliphatic heterocycles. The van der Waals surface area contributed by atoms with Crippen LogP contribution in [0.4, 0.5) is 0 Å². The highest BCUT2D eigenvalue weighted by Gasteiger charge is 2.11. The van der Waals surface area contributed by atoms with Gasteiger partial charge in [-0.25, -0.2) is 4.79 Å². The third-order valence-electron chi connectivity index (χ3n) is 1.39. The summed E-state index contributed by atoms with van der Waals surface area (Å²) in [6.45, 7) is 4.03. The van der Waals surface area contributed by atoms with Crippen LogP contribution < -0.4 is 5.66 Å². The summed E-state index contributed by atoms with van der Waals surface area (Å²) < 4.78 is 9.55. The van der Waals surface area contributed by atoms with E-state index in [4.69, 9.17) is 9.26 Å². The topological polar surface area (TPSA) is 52.3 Å². The lowest BCUT2D eigenvalue weighted by Crippen LogP contribution is -2.08. The summed E-state index contributed by atoms with van der Waals surface area (Å²) in [5.74, 6) is -0.430. The number of ether oxygens (including phenoxy) is 1. The Labute approximate surface area is 71.1 Å². The van der Waals surface area contributed by atoms with Gasteiger partial charge in [0.1, 0.15) is 0 Å². The molecule has 0 atom stereocenters. The van der Waals surface area contributed by atoms with E-state index in [9.17, 15) is 4.79 Å². The zero-order chi connectivity index (χ0) is 8.97. The lowest BCUT2D eigenvalue weighted by Gasteiger charge is -1.94. The molecule has 5 heteroatoms. The van der Waals surface area contributed by atoms with Crippen LogP contribution in [0.25, 0.3) is 0 Å². The molecule has 0 bridgehead atoms. The van der Waals surface area contributed by atoms with Gasteiger partial charge in [0.15, 0.2) is 5.69 Å². The number of hydrogen-bond acceptors (Lipinski definition) is 4. The quantitative estimate of drug-likeness (QED) is 0.468. The molecule has 64 valence electrons. The second-order valence-corrected chi connectivity index (χ2v) is 2.25. The van der Waals surface area contributed by atoms with E-state index >= 15 is 0 Å². The Hall–Kier alpha value is -1.26. The summed E-state index contributed by atoms with van der Waals surface area (Å²) in [6.07, 6.45) is 0. The van der Waals surface area contributed by atoms with Crippen LogP contribution in [0.1, 0.15) is 17.4 Å². The number of aromatic nitrogens is 1. The predicted molar refractivity (Wildman–Crippen MR) is 45.1 cm³/mol. The van der Waals surface area contributed by atoms with Crippen molar-refractivity contribution in [1.29, 1.82) is 0 Å². The highest BCUT2D eigenvalue weighted by Crippen LogP contribution is 1.95. The molecule has 0 aromatic carbocycles. The fraction of sp³-hybridized carbons (Fsp3) is 0.429. The standard InChI is InChI=1S/C7H10BNO3/c1-3-11-7(10)5-4-6(8-2)12-9-5/h4,8H,3H2,1-2H3. The SMILES string of the molecule is CBc1cc(C(=O)OCC)no1. The third-order valence-corrected chi connectivity index (χ3v) is 1.39. The zero-order valence-corrected chi connectivity index (χ0v) is 7.16. The Balaban J connectivity index is 2.68. The largest absolute Gasteiger partial charge is 0.461 e. The van der Waals surface area contributed by atoms with Gasteiger partial charge in [0, 0.05) is 6.07 Å². The zero-order valence-electron chi connectivity index (χ0n) is 7.16. The molecule has 1 aromatic rings. The third kappa shape index (κ3) is 1.87. The van der Waals surface area contributed by atoms with Crippen molar-refractivity contribution in [2.45, 2.75) is 13.7 Å². The minimum atomic E-state index is -0.430. The molecular weight excluding hydrogens is 157 g/mol. The summed E-state index contributed by atoms with van der Waals surface area (Å²) in [7, 11) is 0.729. The van der Waals surface area contributed by atoms with Crippen LogP contribution in [0.3, 0.4) is 0 Å². The first-order valence-electron chi connectivity index (χ1n) is 3.90. The second kappa shape index (κ2) is 3.94. The van der Waals surface area contributed by atoms with Crippen LogP contribution in [0, 0.1) is 0 Å². The number of rotatable bonds is 3. The van der Waals surface area contributed by atoms with Gasteiger partial charge in [0.25, 0.3) is 0 Å². The van der Waals surface area contributed by atoms with E-state index in [0.717, 1.165) is 7.28 Å². The van der Waals surface area contributed by atoms with E-state index in [-0.39, 0.29) is 5.69 Å². The number of esters is 1. The molecular formula is C7H10BNO3. The first kappa shape index (κ1) is 8.84. The summed E-state index contributed by atoms with van der Waals surface area (Å²) in [4.78, 5) is 11.0. The van der Waals surface area contributed by atoms with Crippen molar-refractivity contribution in [2.24, 2.45) is 0 Å². The minimum absolute atomic E-state index is 0.244. The Morgan fingerprint density at radius 2 is 2.58 bits per heavy atom. The molecule has 0 saturated heterocycles. The van der Waals surface area contributed by atoms with Crippen LogP contribution in [0.15, 0.2) is 10.6 Å². The fourth-order valence-corrected chi connectivity index (χ4v) is 0.781. The Morgan fingerprint density at radius 1 is 1.83 bits per heavy atom. The summed E-state index contributed by atoms with van der Waals surface area (Å²) in [5.41, 5.74) is 0.937. The molecule has 0 unspecified atom stereocenters. The van der Waals surface area contributed by atoms with Crippen LogP contribution in [0.2, 0.25) is 6.82 Å². The molecule has 1 heterocycles. The molecule has 0 aliphatic rings. The van der Waals surface area contributed by atoms with E-state index in [2.05, 4.69) is 5.16 Å². The van der Waals surface area contributed by atoms with Crippen molar-refractivity contribution in [1.82, 2.24) is 5.16 Å². The van der Waals surface area contributed by atoms with Gasteiger partial charge in [-0.15, -0.1) is 0 Å². The van der Waals surface area contributed by atoms with Gasteiger partial charge < -0.3 is 9.26 Å². The van der Waals surface area contributed by atoms with E-state index in [1.807, 2.05) is 6.82 Å². The van der Waals surface area contributed by atoms with Gasteiger partial charge in [-0.05, 0) is 6.92 Å². The molecule has 0 fully saturated rings. The average molecular weight is 167 g/mol. The predicted octanol–water partition coefficient (Wildman–Crippen LogP) is -0.0388. The van der Waals surface area contributed by atoms with Gasteiger partial charge >= 0.3 is 5.97 Å². The minimum Gasteiger partial charge on any atom is -0.461 e. The maximum Gasteiger partial charge on any atom is 0.360 e. The Bertz CT molecular complexity index is 271. The molecule has 0 aliphatic carbocycles. The number of hydrogen-bond donors (Lipinski definition) is 0. The molecule has 0 saturated carbocycles. The van der Waals surface area contributed by atoms with Gasteiger partial charge in [-0.2, -0.15) is 0 Å². The van der Waals surface area contributed by atoms with E-state index in [1.165, 1.54) is 0 Å². The lowest BCUT2D eigenvalue weighted by atomic mass is 9.79. The highest BCUT2D eigenvalue weighted by atomic mass is 16.5. The average Bonchev–Trinajstić information content (AvgIpc) is 2.52. The number of carbonyl (C=O) groups excluding carboxylic acids is 1. The molecule has 1 aromatic heterocycles. The van der Waals surface area contributed by atoms with Crippen molar-refractivity contribution in [2.75, 3.05) is 6.61 Å². The Kier molecular flexibility index (Phi) is 2.91. The summed E-state index contributed by atoms with van der Waals surface area (Å²) in [6, 6.07) is 1.60. The molecule has 0 N–H and O–H groups in total. The number of nitrogens with zero attached hydrogens (tertiary/aromatic N) is 1. The van der Waals surface area contributed by atoms with Crippen molar-refractivity contribution in [3.63, 3.8) is 0 Å². The van der Waals surface area contributed by atoms with Crippen molar-refractivity contribution in [3.8, 4) is 0 Å². The van der Waals surface area contributed by atoms with Crippen LogP contribution in [-0.2, 0) is 4.74 Å². The molecule has 4 nitrogen and oxygen atoms in total. The van der Waals surface area contributed by atoms with E-state index in [1.54, 1.807) is 13.0 Å². The molecule has 12 heavy (non-hydrogen) atoms. The van der Waals surface area contributed by atoms with E-state index in [0.29, 0.717) is 12.3 Å². The highest BCUT2D eigenvalue weighted by molar-refractivity contribution is 6.50. The lowest BCUT2D eigenvalue weighted by molar-refractivity contribution is 0.0514. The first-order chi connectivity index (χ1) is 5.77. The fourth-order valence-electron chi connectivity index (χ4n) is 0.781. The number of carbonyl (C=O) groups is 1. The van der Waals surface area contributed by atoms with Gasteiger partial charge in [0.2, 0.25) is 7.28 Å². The molecule has 1 rings (SSSR count). The van der Waals surface area contributed by atoms with Gasteiger partial charge in [-0.1, -0.05) is 12.0 Å². The maximum absolute atomic E-state index is 11.0. The molecule has 0 amide bonds. The summed E-state index contributed by atoms with van der Waals surface area (Å²) >= 11 is 0. The van der Waals surface area contributed by atoms with Crippen molar-refractivity contribution < 1.29 is 14.1 Å². The smallest absolute Gasteiger partial charge is 0.360 e. The van der Waals surface area contributed by atoms with Crippen molar-refractivity contribution >= 4 is 18.9 Å². The Morgan fingerprint density at radius 3 is 3.08 bits per heavy atom. The van der Waals surface area contributed by atoms with Crippen LogP contribution in [-0.4, -0.2) is 25.0 Å². The monoisotopic (exact) mass is 167 g/mol. The van der Waals surface area contributed by atoms with E-state index < -0.39 is 5.97 Å². The van der Waals surface area contributed by atoms with Gasteiger partial charge in [0.05, 0.1) is 12.3 Å². The second-order valence-electron chi connectivity index (χ2n) is 2.25. The normalized spacial score (nSPS) is 9.50. The maximum atomic E-state index is 11.0. The molecule has 0 spiro atoms. The van der Waals surface area contributed by atoms with Crippen LogP contribution in [0.5, 0.6) is 0 Å². The van der Waals surface area contributed by atoms with Crippen molar-refractivity contribution in [3.05, 3.63) is 11.8 Å².